The topological polar surface area (TPSA) is 65.9 Å². The van der Waals surface area contributed by atoms with E-state index in [-0.39, 0.29) is 0 Å². The summed E-state index contributed by atoms with van der Waals surface area (Å²) in [6.45, 7) is 11.6. The molecule has 0 radical (unpaired) electrons. The molecule has 1 aromatic heterocycles. The molecule has 0 aliphatic carbocycles. The van der Waals surface area contributed by atoms with Crippen molar-refractivity contribution in [2.45, 2.75) is 39.7 Å². The molecule has 1 atom stereocenters. The molecule has 0 fully saturated rings. The summed E-state index contributed by atoms with van der Waals surface area (Å²) in [5, 5.41) is 19.0. The number of hydrogen-bond donors (Lipinski definition) is 3. The molecular formula is C17H31N3O2S. The zero-order chi connectivity index (χ0) is 17.1. The summed E-state index contributed by atoms with van der Waals surface area (Å²) in [4.78, 5) is 5.43. The fourth-order valence-electron chi connectivity index (χ4n) is 1.94. The lowest BCUT2D eigenvalue weighted by molar-refractivity contribution is 0.0711. The van der Waals surface area contributed by atoms with Crippen molar-refractivity contribution < 1.29 is 9.84 Å². The second kappa shape index (κ2) is 10.6. The molecule has 23 heavy (non-hydrogen) atoms. The van der Waals surface area contributed by atoms with Crippen LogP contribution < -0.4 is 10.6 Å². The second-order valence-corrected chi connectivity index (χ2v) is 7.14. The molecule has 0 amide bonds. The van der Waals surface area contributed by atoms with Gasteiger partial charge in [-0.2, -0.15) is 0 Å². The minimum absolute atomic E-state index is 0.326. The molecule has 3 N–H and O–H groups in total. The lowest BCUT2D eigenvalue weighted by Crippen LogP contribution is -2.39. The van der Waals surface area contributed by atoms with Crippen LogP contribution in [-0.2, 0) is 10.3 Å². The number of hydrogen-bond acceptors (Lipinski definition) is 4. The van der Waals surface area contributed by atoms with E-state index in [1.54, 1.807) is 18.3 Å². The highest BCUT2D eigenvalue weighted by molar-refractivity contribution is 7.10. The van der Waals surface area contributed by atoms with E-state index in [0.29, 0.717) is 12.5 Å². The Morgan fingerprint density at radius 1 is 1.43 bits per heavy atom. The van der Waals surface area contributed by atoms with E-state index in [0.717, 1.165) is 43.6 Å². The number of nitrogens with zero attached hydrogens (tertiary/aromatic N) is 1. The molecule has 1 unspecified atom stereocenters. The van der Waals surface area contributed by atoms with Crippen molar-refractivity contribution in [2.24, 2.45) is 10.9 Å². The maximum atomic E-state index is 10.5. The van der Waals surface area contributed by atoms with Gasteiger partial charge in [0.25, 0.3) is 0 Å². The van der Waals surface area contributed by atoms with Crippen molar-refractivity contribution in [3.05, 3.63) is 22.4 Å². The Morgan fingerprint density at radius 2 is 2.22 bits per heavy atom. The number of ether oxygens (including phenoxy) is 1. The van der Waals surface area contributed by atoms with Crippen molar-refractivity contribution in [1.82, 2.24) is 10.6 Å². The molecule has 0 spiro atoms. The molecule has 1 heterocycles. The van der Waals surface area contributed by atoms with Crippen LogP contribution in [0.1, 0.15) is 39.0 Å². The Balaban J connectivity index is 2.38. The zero-order valence-corrected chi connectivity index (χ0v) is 15.6. The van der Waals surface area contributed by atoms with E-state index in [1.807, 2.05) is 24.4 Å². The number of nitrogens with one attached hydrogen (secondary N) is 2. The molecule has 0 aliphatic rings. The van der Waals surface area contributed by atoms with Crippen molar-refractivity contribution in [3.63, 3.8) is 0 Å². The maximum absolute atomic E-state index is 10.5. The molecule has 1 rings (SSSR count). The lowest BCUT2D eigenvalue weighted by Gasteiger charge is -2.20. The zero-order valence-electron chi connectivity index (χ0n) is 14.8. The Morgan fingerprint density at radius 3 is 2.83 bits per heavy atom. The average molecular weight is 342 g/mol. The molecule has 0 bridgehead atoms. The van der Waals surface area contributed by atoms with Crippen molar-refractivity contribution >= 4 is 17.3 Å². The standard InChI is InChI=1S/C17H31N3O2S/c1-5-18-16(19-9-7-10-22-12-14(2)3)20-13-17(4,21)15-8-6-11-23-15/h6,8,11,14,21H,5,7,9-10,12-13H2,1-4H3,(H2,18,19,20). The molecule has 0 saturated carbocycles. The van der Waals surface area contributed by atoms with Gasteiger partial charge >= 0.3 is 0 Å². The van der Waals surface area contributed by atoms with Gasteiger partial charge in [-0.05, 0) is 37.6 Å². The van der Waals surface area contributed by atoms with Gasteiger partial charge in [-0.1, -0.05) is 19.9 Å². The number of rotatable bonds is 10. The third-order valence-electron chi connectivity index (χ3n) is 3.15. The number of guanidine groups is 1. The van der Waals surface area contributed by atoms with Crippen LogP contribution in [0.5, 0.6) is 0 Å². The normalized spacial score (nSPS) is 14.8. The molecule has 0 aromatic carbocycles. The van der Waals surface area contributed by atoms with E-state index in [9.17, 15) is 5.11 Å². The second-order valence-electron chi connectivity index (χ2n) is 6.20. The fraction of sp³-hybridized carbons (Fsp3) is 0.706. The Hall–Kier alpha value is -1.11. The van der Waals surface area contributed by atoms with E-state index in [4.69, 9.17) is 4.74 Å². The van der Waals surface area contributed by atoms with Crippen LogP contribution in [0.15, 0.2) is 22.5 Å². The highest BCUT2D eigenvalue weighted by Crippen LogP contribution is 2.25. The van der Waals surface area contributed by atoms with Gasteiger partial charge in [-0.15, -0.1) is 11.3 Å². The van der Waals surface area contributed by atoms with Crippen LogP contribution in [0, 0.1) is 5.92 Å². The van der Waals surface area contributed by atoms with E-state index in [2.05, 4.69) is 29.5 Å². The summed E-state index contributed by atoms with van der Waals surface area (Å²) in [5.74, 6) is 1.30. The van der Waals surface area contributed by atoms with Gasteiger partial charge in [0.2, 0.25) is 0 Å². The molecule has 1 aromatic rings. The summed E-state index contributed by atoms with van der Waals surface area (Å²) >= 11 is 1.55. The molecule has 5 nitrogen and oxygen atoms in total. The van der Waals surface area contributed by atoms with Gasteiger partial charge in [0, 0.05) is 31.2 Å². The van der Waals surface area contributed by atoms with E-state index >= 15 is 0 Å². The van der Waals surface area contributed by atoms with Crippen molar-refractivity contribution in [2.75, 3.05) is 32.8 Å². The fourth-order valence-corrected chi connectivity index (χ4v) is 2.72. The van der Waals surface area contributed by atoms with Gasteiger partial charge in [0.1, 0.15) is 5.60 Å². The summed E-state index contributed by atoms with van der Waals surface area (Å²) in [5.41, 5.74) is -0.934. The number of thiophene rings is 1. The lowest BCUT2D eigenvalue weighted by atomic mass is 10.1. The minimum Gasteiger partial charge on any atom is -0.383 e. The van der Waals surface area contributed by atoms with E-state index in [1.165, 1.54) is 0 Å². The third kappa shape index (κ3) is 8.34. The molecule has 0 aliphatic heterocycles. The first-order chi connectivity index (χ1) is 11.0. The van der Waals surface area contributed by atoms with Crippen LogP contribution in [-0.4, -0.2) is 43.9 Å². The van der Waals surface area contributed by atoms with Crippen LogP contribution in [0.25, 0.3) is 0 Å². The van der Waals surface area contributed by atoms with Crippen molar-refractivity contribution in [1.29, 1.82) is 0 Å². The van der Waals surface area contributed by atoms with Crippen molar-refractivity contribution in [3.8, 4) is 0 Å². The van der Waals surface area contributed by atoms with Crippen LogP contribution in [0.3, 0.4) is 0 Å². The first-order valence-electron chi connectivity index (χ1n) is 8.32. The largest absolute Gasteiger partial charge is 0.383 e. The van der Waals surface area contributed by atoms with Crippen LogP contribution in [0.2, 0.25) is 0 Å². The SMILES string of the molecule is CCNC(=NCC(C)(O)c1cccs1)NCCCOCC(C)C. The molecule has 132 valence electrons. The quantitative estimate of drug-likeness (QED) is 0.348. The number of aliphatic imine (C=N–C) groups is 1. The summed E-state index contributed by atoms with van der Waals surface area (Å²) < 4.78 is 5.56. The predicted octanol–water partition coefficient (Wildman–Crippen LogP) is 2.57. The first kappa shape index (κ1) is 19.9. The summed E-state index contributed by atoms with van der Waals surface area (Å²) in [6, 6.07) is 3.88. The smallest absolute Gasteiger partial charge is 0.191 e. The first-order valence-corrected chi connectivity index (χ1v) is 9.20. The van der Waals surface area contributed by atoms with Gasteiger partial charge in [0.15, 0.2) is 5.96 Å². The molecule has 6 heteroatoms. The summed E-state index contributed by atoms with van der Waals surface area (Å²) in [6.07, 6.45) is 0.929. The molecule has 0 saturated heterocycles. The van der Waals surface area contributed by atoms with Gasteiger partial charge in [0.05, 0.1) is 6.54 Å². The average Bonchev–Trinajstić information content (AvgIpc) is 3.03. The van der Waals surface area contributed by atoms with Gasteiger partial charge in [-0.3, -0.25) is 0 Å². The van der Waals surface area contributed by atoms with Crippen LogP contribution >= 0.6 is 11.3 Å². The Bertz CT molecular complexity index is 445. The monoisotopic (exact) mass is 341 g/mol. The highest BCUT2D eigenvalue weighted by atomic mass is 32.1. The third-order valence-corrected chi connectivity index (χ3v) is 4.27. The van der Waals surface area contributed by atoms with E-state index < -0.39 is 5.60 Å². The number of aliphatic hydroxyl groups is 1. The van der Waals surface area contributed by atoms with Crippen LogP contribution in [0.4, 0.5) is 0 Å². The summed E-state index contributed by atoms with van der Waals surface area (Å²) in [7, 11) is 0. The Labute approximate surface area is 144 Å². The Kier molecular flexibility index (Phi) is 9.21. The molecular weight excluding hydrogens is 310 g/mol. The maximum Gasteiger partial charge on any atom is 0.191 e. The van der Waals surface area contributed by atoms with Gasteiger partial charge in [-0.25, -0.2) is 4.99 Å². The minimum atomic E-state index is -0.934. The van der Waals surface area contributed by atoms with Gasteiger partial charge < -0.3 is 20.5 Å². The highest BCUT2D eigenvalue weighted by Gasteiger charge is 2.23. The predicted molar refractivity (Wildman–Crippen MR) is 98.1 cm³/mol.